The molecule has 0 saturated carbocycles. The molecule has 5 heteroatoms. The van der Waals surface area contributed by atoms with Crippen LogP contribution in [0, 0.1) is 5.82 Å². The van der Waals surface area contributed by atoms with Gasteiger partial charge in [-0.15, -0.1) is 0 Å². The number of hydrogen-bond acceptors (Lipinski definition) is 3. The molecular formula is C12H16FN3O. The lowest BCUT2D eigenvalue weighted by Gasteiger charge is -2.29. The number of halogens is 1. The molecule has 0 atom stereocenters. The first-order valence-corrected chi connectivity index (χ1v) is 5.75. The van der Waals surface area contributed by atoms with E-state index >= 15 is 0 Å². The third-order valence-electron chi connectivity index (χ3n) is 3.05. The lowest BCUT2D eigenvalue weighted by atomic mass is 10.1. The minimum atomic E-state index is -0.263. The van der Waals surface area contributed by atoms with Gasteiger partial charge < -0.3 is 15.8 Å². The molecule has 0 spiro atoms. The maximum Gasteiger partial charge on any atom is 0.170 e. The second kappa shape index (κ2) is 5.03. The van der Waals surface area contributed by atoms with Crippen molar-refractivity contribution in [3.8, 4) is 0 Å². The fraction of sp³-hybridized carbons (Fsp3) is 0.417. The molecular weight excluding hydrogens is 221 g/mol. The Labute approximate surface area is 99.5 Å². The van der Waals surface area contributed by atoms with Gasteiger partial charge in [0.2, 0.25) is 0 Å². The van der Waals surface area contributed by atoms with Crippen molar-refractivity contribution < 1.29 is 9.60 Å². The molecule has 3 N–H and O–H groups in total. The number of piperidine rings is 1. The zero-order chi connectivity index (χ0) is 12.3. The lowest BCUT2D eigenvalue weighted by Crippen LogP contribution is -2.30. The normalized spacial score (nSPS) is 17.2. The maximum atomic E-state index is 13.7. The molecule has 92 valence electrons. The fourth-order valence-corrected chi connectivity index (χ4v) is 2.11. The Balaban J connectivity index is 2.31. The molecule has 1 aliphatic rings. The van der Waals surface area contributed by atoms with E-state index in [2.05, 4.69) is 5.16 Å². The first-order chi connectivity index (χ1) is 8.22. The van der Waals surface area contributed by atoms with Crippen LogP contribution < -0.4 is 10.6 Å². The van der Waals surface area contributed by atoms with Crippen LogP contribution in [-0.2, 0) is 0 Å². The van der Waals surface area contributed by atoms with Gasteiger partial charge in [0, 0.05) is 18.7 Å². The van der Waals surface area contributed by atoms with E-state index in [1.807, 2.05) is 4.90 Å². The second-order valence-electron chi connectivity index (χ2n) is 4.20. The number of anilines is 1. The van der Waals surface area contributed by atoms with Gasteiger partial charge in [-0.2, -0.15) is 0 Å². The molecule has 1 heterocycles. The van der Waals surface area contributed by atoms with Crippen molar-refractivity contribution in [2.45, 2.75) is 19.3 Å². The average Bonchev–Trinajstić information content (AvgIpc) is 2.39. The molecule has 4 nitrogen and oxygen atoms in total. The quantitative estimate of drug-likeness (QED) is 0.357. The average molecular weight is 237 g/mol. The summed E-state index contributed by atoms with van der Waals surface area (Å²) in [6.07, 6.45) is 3.35. The molecule has 0 aliphatic carbocycles. The third-order valence-corrected chi connectivity index (χ3v) is 3.05. The topological polar surface area (TPSA) is 61.9 Å². The van der Waals surface area contributed by atoms with E-state index in [1.54, 1.807) is 6.07 Å². The summed E-state index contributed by atoms with van der Waals surface area (Å²) in [4.78, 5) is 2.01. The first-order valence-electron chi connectivity index (χ1n) is 5.75. The first kappa shape index (κ1) is 11.7. The Hall–Kier alpha value is -1.78. The SMILES string of the molecule is N/C(=N\O)c1ccc(F)c(N2CCCCC2)c1. The molecule has 1 fully saturated rings. The monoisotopic (exact) mass is 237 g/mol. The van der Waals surface area contributed by atoms with Gasteiger partial charge in [0.1, 0.15) is 5.82 Å². The van der Waals surface area contributed by atoms with Crippen LogP contribution in [-0.4, -0.2) is 24.1 Å². The highest BCUT2D eigenvalue weighted by atomic mass is 19.1. The summed E-state index contributed by atoms with van der Waals surface area (Å²) in [5.41, 5.74) is 6.57. The Morgan fingerprint density at radius 2 is 2.00 bits per heavy atom. The summed E-state index contributed by atoms with van der Waals surface area (Å²) in [5, 5.41) is 11.5. The van der Waals surface area contributed by atoms with E-state index in [1.165, 1.54) is 18.6 Å². The van der Waals surface area contributed by atoms with E-state index in [0.29, 0.717) is 11.3 Å². The number of amidine groups is 1. The fourth-order valence-electron chi connectivity index (χ4n) is 2.11. The highest BCUT2D eigenvalue weighted by Crippen LogP contribution is 2.24. The molecule has 0 aromatic heterocycles. The summed E-state index contributed by atoms with van der Waals surface area (Å²) in [6.45, 7) is 1.72. The number of nitrogens with zero attached hydrogens (tertiary/aromatic N) is 2. The van der Waals surface area contributed by atoms with Crippen LogP contribution in [0.15, 0.2) is 23.4 Å². The standard InChI is InChI=1S/C12H16FN3O/c13-10-5-4-9(12(14)15-17)8-11(10)16-6-2-1-3-7-16/h4-5,8,17H,1-3,6-7H2,(H2,14,15). The minimum Gasteiger partial charge on any atom is -0.409 e. The Morgan fingerprint density at radius 1 is 1.29 bits per heavy atom. The largest absolute Gasteiger partial charge is 0.409 e. The zero-order valence-corrected chi connectivity index (χ0v) is 9.56. The predicted molar refractivity (Wildman–Crippen MR) is 65.0 cm³/mol. The van der Waals surface area contributed by atoms with E-state index < -0.39 is 0 Å². The molecule has 17 heavy (non-hydrogen) atoms. The number of benzene rings is 1. The Morgan fingerprint density at radius 3 is 2.65 bits per heavy atom. The van der Waals surface area contributed by atoms with Crippen LogP contribution in [0.2, 0.25) is 0 Å². The Bertz CT molecular complexity index is 428. The van der Waals surface area contributed by atoms with Crippen LogP contribution in [0.4, 0.5) is 10.1 Å². The number of rotatable bonds is 2. The molecule has 1 aromatic carbocycles. The minimum absolute atomic E-state index is 0.00302. The van der Waals surface area contributed by atoms with E-state index in [9.17, 15) is 4.39 Å². The van der Waals surface area contributed by atoms with Crippen LogP contribution in [0.3, 0.4) is 0 Å². The summed E-state index contributed by atoms with van der Waals surface area (Å²) in [6, 6.07) is 4.50. The van der Waals surface area contributed by atoms with Crippen molar-refractivity contribution in [2.75, 3.05) is 18.0 Å². The van der Waals surface area contributed by atoms with E-state index in [4.69, 9.17) is 10.9 Å². The van der Waals surface area contributed by atoms with Gasteiger partial charge in [-0.1, -0.05) is 5.16 Å². The molecule has 1 saturated heterocycles. The van der Waals surface area contributed by atoms with E-state index in [-0.39, 0.29) is 11.7 Å². The molecule has 0 unspecified atom stereocenters. The molecule has 2 rings (SSSR count). The van der Waals surface area contributed by atoms with Crippen molar-refractivity contribution >= 4 is 11.5 Å². The molecule has 1 aliphatic heterocycles. The van der Waals surface area contributed by atoms with Crippen molar-refractivity contribution in [1.82, 2.24) is 0 Å². The lowest BCUT2D eigenvalue weighted by molar-refractivity contribution is 0.318. The van der Waals surface area contributed by atoms with Crippen LogP contribution >= 0.6 is 0 Å². The number of oxime groups is 1. The summed E-state index contributed by atoms with van der Waals surface area (Å²) in [7, 11) is 0. The van der Waals surface area contributed by atoms with E-state index in [0.717, 1.165) is 25.9 Å². The molecule has 0 amide bonds. The maximum absolute atomic E-state index is 13.7. The van der Waals surface area contributed by atoms with Crippen molar-refractivity contribution in [3.63, 3.8) is 0 Å². The van der Waals surface area contributed by atoms with Crippen LogP contribution in [0.1, 0.15) is 24.8 Å². The molecule has 1 aromatic rings. The summed E-state index contributed by atoms with van der Waals surface area (Å²) in [5.74, 6) is -0.260. The van der Waals surface area contributed by atoms with Gasteiger partial charge in [-0.3, -0.25) is 0 Å². The highest BCUT2D eigenvalue weighted by molar-refractivity contribution is 5.97. The van der Waals surface area contributed by atoms with Gasteiger partial charge in [0.25, 0.3) is 0 Å². The highest BCUT2D eigenvalue weighted by Gasteiger charge is 2.15. The predicted octanol–water partition coefficient (Wildman–Crippen LogP) is 1.91. The second-order valence-corrected chi connectivity index (χ2v) is 4.20. The van der Waals surface area contributed by atoms with Gasteiger partial charge >= 0.3 is 0 Å². The van der Waals surface area contributed by atoms with Gasteiger partial charge in [0.05, 0.1) is 5.69 Å². The van der Waals surface area contributed by atoms with Crippen LogP contribution in [0.25, 0.3) is 0 Å². The van der Waals surface area contributed by atoms with Crippen LogP contribution in [0.5, 0.6) is 0 Å². The van der Waals surface area contributed by atoms with Gasteiger partial charge in [0.15, 0.2) is 5.84 Å². The van der Waals surface area contributed by atoms with Crippen molar-refractivity contribution in [2.24, 2.45) is 10.9 Å². The zero-order valence-electron chi connectivity index (χ0n) is 9.56. The van der Waals surface area contributed by atoms with Gasteiger partial charge in [-0.25, -0.2) is 4.39 Å². The summed E-state index contributed by atoms with van der Waals surface area (Å²) < 4.78 is 13.7. The third kappa shape index (κ3) is 2.49. The van der Waals surface area contributed by atoms with Crippen molar-refractivity contribution in [3.05, 3.63) is 29.6 Å². The Kier molecular flexibility index (Phi) is 3.46. The molecule has 0 bridgehead atoms. The van der Waals surface area contributed by atoms with Crippen molar-refractivity contribution in [1.29, 1.82) is 0 Å². The van der Waals surface area contributed by atoms with Gasteiger partial charge in [-0.05, 0) is 37.5 Å². The smallest absolute Gasteiger partial charge is 0.170 e. The number of hydrogen-bond donors (Lipinski definition) is 2. The number of nitrogens with two attached hydrogens (primary N) is 1. The molecule has 0 radical (unpaired) electrons. The summed E-state index contributed by atoms with van der Waals surface area (Å²) >= 11 is 0.